The number of amides is 2. The van der Waals surface area contributed by atoms with Crippen LogP contribution in [0.2, 0.25) is 0 Å². The zero-order valence-electron chi connectivity index (χ0n) is 14.9. The summed E-state index contributed by atoms with van der Waals surface area (Å²) in [5.74, 6) is 0.422. The van der Waals surface area contributed by atoms with Gasteiger partial charge in [0.15, 0.2) is 5.96 Å². The topological polar surface area (TPSA) is 87.8 Å². The summed E-state index contributed by atoms with van der Waals surface area (Å²) in [6.45, 7) is 2.70. The predicted octanol–water partition coefficient (Wildman–Crippen LogP) is 1.78. The molecule has 1 aromatic rings. The van der Waals surface area contributed by atoms with Gasteiger partial charge in [0.1, 0.15) is 0 Å². The number of aliphatic imine (C=N–C) groups is 1. The minimum atomic E-state index is -0.145. The van der Waals surface area contributed by atoms with Crippen molar-refractivity contribution in [2.45, 2.75) is 19.8 Å². The number of rotatable bonds is 5. The summed E-state index contributed by atoms with van der Waals surface area (Å²) in [4.78, 5) is 30.9. The second-order valence-electron chi connectivity index (χ2n) is 7.27. The Hall–Kier alpha value is -2.63. The monoisotopic (exact) mass is 352 g/mol. The molecule has 26 heavy (non-hydrogen) atoms. The first kappa shape index (κ1) is 16.8. The van der Waals surface area contributed by atoms with E-state index in [-0.39, 0.29) is 35.5 Å². The first-order valence-corrected chi connectivity index (χ1v) is 9.28. The van der Waals surface area contributed by atoms with Gasteiger partial charge in [0.2, 0.25) is 11.8 Å². The Bertz CT molecular complexity index is 771. The Morgan fingerprint density at radius 3 is 2.58 bits per heavy atom. The number of guanidine groups is 1. The maximum atomic E-state index is 12.6. The van der Waals surface area contributed by atoms with Gasteiger partial charge >= 0.3 is 0 Å². The molecule has 2 bridgehead atoms. The van der Waals surface area contributed by atoms with Gasteiger partial charge in [-0.15, -0.1) is 0 Å². The van der Waals surface area contributed by atoms with E-state index in [1.165, 1.54) is 10.5 Å². The minimum Gasteiger partial charge on any atom is -0.370 e. The Morgan fingerprint density at radius 1 is 1.23 bits per heavy atom. The van der Waals surface area contributed by atoms with Gasteiger partial charge in [0, 0.05) is 12.2 Å². The highest BCUT2D eigenvalue weighted by Crippen LogP contribution is 2.52. The van der Waals surface area contributed by atoms with Crippen LogP contribution in [0.3, 0.4) is 0 Å². The maximum Gasteiger partial charge on any atom is 0.233 e. The van der Waals surface area contributed by atoms with Gasteiger partial charge in [-0.3, -0.25) is 19.5 Å². The van der Waals surface area contributed by atoms with Crippen molar-refractivity contribution in [3.63, 3.8) is 0 Å². The molecule has 1 saturated heterocycles. The predicted molar refractivity (Wildman–Crippen MR) is 100 cm³/mol. The molecular formula is C20H24N4O2. The van der Waals surface area contributed by atoms with Crippen molar-refractivity contribution in [2.75, 3.05) is 18.4 Å². The number of nitrogens with two attached hydrogens (primary N) is 1. The molecule has 1 aliphatic heterocycles. The quantitative estimate of drug-likeness (QED) is 0.366. The average molecular weight is 352 g/mol. The van der Waals surface area contributed by atoms with Crippen LogP contribution in [0.25, 0.3) is 0 Å². The van der Waals surface area contributed by atoms with Crippen LogP contribution in [0, 0.1) is 23.7 Å². The molecule has 2 amide bonds. The van der Waals surface area contributed by atoms with E-state index in [1.807, 2.05) is 18.2 Å². The van der Waals surface area contributed by atoms with Gasteiger partial charge in [-0.25, -0.2) is 0 Å². The number of nitrogens with zero attached hydrogens (tertiary/aromatic N) is 2. The third kappa shape index (κ3) is 2.79. The van der Waals surface area contributed by atoms with E-state index < -0.39 is 0 Å². The van der Waals surface area contributed by atoms with E-state index in [0.717, 1.165) is 18.5 Å². The van der Waals surface area contributed by atoms with Crippen molar-refractivity contribution in [2.24, 2.45) is 34.4 Å². The molecular weight excluding hydrogens is 328 g/mol. The molecule has 4 atom stereocenters. The highest BCUT2D eigenvalue weighted by molar-refractivity contribution is 6.06. The summed E-state index contributed by atoms with van der Waals surface area (Å²) in [7, 11) is 0. The van der Waals surface area contributed by atoms with Crippen LogP contribution in [-0.4, -0.2) is 35.8 Å². The van der Waals surface area contributed by atoms with Crippen LogP contribution in [-0.2, 0) is 16.0 Å². The van der Waals surface area contributed by atoms with Crippen LogP contribution in [0.5, 0.6) is 0 Å². The number of anilines is 1. The Kier molecular flexibility index (Phi) is 4.26. The summed E-state index contributed by atoms with van der Waals surface area (Å²) in [5, 5.41) is 3.06. The van der Waals surface area contributed by atoms with Crippen molar-refractivity contribution in [1.82, 2.24) is 4.90 Å². The van der Waals surface area contributed by atoms with Gasteiger partial charge in [-0.1, -0.05) is 31.2 Å². The zero-order valence-corrected chi connectivity index (χ0v) is 14.9. The fraction of sp³-hybridized carbons (Fsp3) is 0.450. The molecule has 6 heteroatoms. The summed E-state index contributed by atoms with van der Waals surface area (Å²) in [5.41, 5.74) is 8.04. The van der Waals surface area contributed by atoms with Crippen molar-refractivity contribution in [1.29, 1.82) is 0 Å². The Balaban J connectivity index is 1.35. The Labute approximate surface area is 153 Å². The number of fused-ring (bicyclic) bond motifs is 5. The molecule has 3 aliphatic rings. The number of hydrogen-bond acceptors (Lipinski definition) is 3. The number of allylic oxidation sites excluding steroid dienone is 2. The van der Waals surface area contributed by atoms with E-state index in [4.69, 9.17) is 5.73 Å². The van der Waals surface area contributed by atoms with E-state index in [2.05, 4.69) is 35.5 Å². The number of likely N-dealkylation sites (tertiary alicyclic amines) is 1. The minimum absolute atomic E-state index is 0.0331. The number of hydrogen-bond donors (Lipinski definition) is 2. The van der Waals surface area contributed by atoms with Crippen LogP contribution >= 0.6 is 0 Å². The Morgan fingerprint density at radius 2 is 1.92 bits per heavy atom. The molecule has 0 radical (unpaired) electrons. The molecule has 3 N–H and O–H groups in total. The molecule has 2 fully saturated rings. The molecule has 1 heterocycles. The lowest BCUT2D eigenvalue weighted by Gasteiger charge is -2.16. The molecule has 6 nitrogen and oxygen atoms in total. The van der Waals surface area contributed by atoms with Gasteiger partial charge in [-0.2, -0.15) is 0 Å². The van der Waals surface area contributed by atoms with Gasteiger partial charge in [0.05, 0.1) is 18.4 Å². The maximum absolute atomic E-state index is 12.6. The first-order chi connectivity index (χ1) is 12.6. The van der Waals surface area contributed by atoms with E-state index in [1.54, 1.807) is 0 Å². The molecule has 4 unspecified atom stereocenters. The first-order valence-electron chi connectivity index (χ1n) is 9.28. The molecule has 4 rings (SSSR count). The summed E-state index contributed by atoms with van der Waals surface area (Å²) < 4.78 is 0. The van der Waals surface area contributed by atoms with Crippen molar-refractivity contribution >= 4 is 23.5 Å². The average Bonchev–Trinajstić information content (AvgIpc) is 3.31. The standard InChI is InChI=1S/C20H24N4O2/c1-2-12-4-3-5-15(10-12)23-20(21)22-8-9-24-18(25)16-13-6-7-14(11-13)17(16)19(24)26/h3-7,10,13-14,16-17H,2,8-9,11H2,1H3,(H3,21,22,23). The van der Waals surface area contributed by atoms with Crippen LogP contribution in [0.1, 0.15) is 18.9 Å². The molecule has 2 aliphatic carbocycles. The molecule has 0 spiro atoms. The van der Waals surface area contributed by atoms with E-state index >= 15 is 0 Å². The highest BCUT2D eigenvalue weighted by Gasteiger charge is 2.58. The number of carbonyl (C=O) groups excluding carboxylic acids is 2. The lowest BCUT2D eigenvalue weighted by molar-refractivity contribution is -0.140. The van der Waals surface area contributed by atoms with Crippen LogP contribution < -0.4 is 11.1 Å². The summed E-state index contributed by atoms with van der Waals surface area (Å²) >= 11 is 0. The molecule has 0 aromatic heterocycles. The van der Waals surface area contributed by atoms with E-state index in [0.29, 0.717) is 19.0 Å². The molecule has 1 aromatic carbocycles. The fourth-order valence-corrected chi connectivity index (χ4v) is 4.51. The molecule has 1 saturated carbocycles. The number of nitrogens with one attached hydrogen (secondary N) is 1. The van der Waals surface area contributed by atoms with E-state index in [9.17, 15) is 9.59 Å². The third-order valence-electron chi connectivity index (χ3n) is 5.78. The number of benzene rings is 1. The normalized spacial score (nSPS) is 29.6. The third-order valence-corrected chi connectivity index (χ3v) is 5.78. The number of carbonyl (C=O) groups is 2. The summed E-state index contributed by atoms with van der Waals surface area (Å²) in [6.07, 6.45) is 6.10. The SMILES string of the molecule is CCc1cccc(NC(N)=NCCN2C(=O)C3C4C=CC(C4)C3C2=O)c1. The van der Waals surface area contributed by atoms with Crippen molar-refractivity contribution in [3.05, 3.63) is 42.0 Å². The molecule has 136 valence electrons. The number of aryl methyl sites for hydroxylation is 1. The number of imide groups is 1. The second kappa shape index (κ2) is 6.59. The lowest BCUT2D eigenvalue weighted by atomic mass is 9.85. The van der Waals surface area contributed by atoms with Crippen LogP contribution in [0.4, 0.5) is 5.69 Å². The highest BCUT2D eigenvalue weighted by atomic mass is 16.2. The summed E-state index contributed by atoms with van der Waals surface area (Å²) in [6, 6.07) is 7.98. The fourth-order valence-electron chi connectivity index (χ4n) is 4.51. The second-order valence-corrected chi connectivity index (χ2v) is 7.27. The lowest BCUT2D eigenvalue weighted by Crippen LogP contribution is -2.35. The largest absolute Gasteiger partial charge is 0.370 e. The van der Waals surface area contributed by atoms with Crippen molar-refractivity contribution in [3.8, 4) is 0 Å². The van der Waals surface area contributed by atoms with Gasteiger partial charge in [0.25, 0.3) is 0 Å². The van der Waals surface area contributed by atoms with Gasteiger partial charge in [-0.05, 0) is 42.4 Å². The van der Waals surface area contributed by atoms with Gasteiger partial charge < -0.3 is 11.1 Å². The smallest absolute Gasteiger partial charge is 0.233 e. The van der Waals surface area contributed by atoms with Crippen LogP contribution in [0.15, 0.2) is 41.4 Å². The van der Waals surface area contributed by atoms with Crippen molar-refractivity contribution < 1.29 is 9.59 Å². The zero-order chi connectivity index (χ0) is 18.3.